The van der Waals surface area contributed by atoms with E-state index in [4.69, 9.17) is 4.74 Å². The number of ether oxygens (including phenoxy) is 1. The SMILES string of the molecule is COCc1cccc(CNC2CCc3cc(O)ccc32)c1. The molecule has 0 saturated carbocycles. The number of hydrogen-bond acceptors (Lipinski definition) is 3. The van der Waals surface area contributed by atoms with E-state index in [0.29, 0.717) is 18.4 Å². The number of benzene rings is 2. The molecule has 0 radical (unpaired) electrons. The summed E-state index contributed by atoms with van der Waals surface area (Å²) in [5.41, 5.74) is 5.06. The van der Waals surface area contributed by atoms with Crippen molar-refractivity contribution in [3.05, 3.63) is 64.7 Å². The molecule has 1 unspecified atom stereocenters. The molecule has 2 N–H and O–H groups in total. The van der Waals surface area contributed by atoms with Gasteiger partial charge in [-0.1, -0.05) is 30.3 Å². The summed E-state index contributed by atoms with van der Waals surface area (Å²) in [7, 11) is 1.72. The van der Waals surface area contributed by atoms with Crippen LogP contribution in [0.25, 0.3) is 0 Å². The summed E-state index contributed by atoms with van der Waals surface area (Å²) in [6.07, 6.45) is 2.13. The number of hydrogen-bond donors (Lipinski definition) is 2. The predicted molar refractivity (Wildman–Crippen MR) is 83.2 cm³/mol. The van der Waals surface area contributed by atoms with Crippen molar-refractivity contribution in [3.63, 3.8) is 0 Å². The van der Waals surface area contributed by atoms with Crippen LogP contribution in [0.1, 0.15) is 34.7 Å². The molecule has 0 heterocycles. The molecule has 0 spiro atoms. The predicted octanol–water partition coefficient (Wildman–Crippen LogP) is 3.32. The maximum atomic E-state index is 9.54. The van der Waals surface area contributed by atoms with E-state index in [2.05, 4.69) is 29.6 Å². The second kappa shape index (κ2) is 6.29. The van der Waals surface area contributed by atoms with Gasteiger partial charge >= 0.3 is 0 Å². The minimum absolute atomic E-state index is 0.363. The lowest BCUT2D eigenvalue weighted by atomic mass is 10.1. The Morgan fingerprint density at radius 2 is 2.05 bits per heavy atom. The lowest BCUT2D eigenvalue weighted by Gasteiger charge is -2.14. The fourth-order valence-corrected chi connectivity index (χ4v) is 3.05. The van der Waals surface area contributed by atoms with E-state index in [0.717, 1.165) is 19.4 Å². The van der Waals surface area contributed by atoms with Gasteiger partial charge in [0.1, 0.15) is 5.75 Å². The Bertz CT molecular complexity index is 624. The number of fused-ring (bicyclic) bond motifs is 1. The molecule has 3 rings (SSSR count). The highest BCUT2D eigenvalue weighted by molar-refractivity contribution is 5.40. The van der Waals surface area contributed by atoms with Crippen molar-refractivity contribution in [3.8, 4) is 5.75 Å². The van der Waals surface area contributed by atoms with Crippen molar-refractivity contribution in [2.75, 3.05) is 7.11 Å². The maximum Gasteiger partial charge on any atom is 0.115 e. The zero-order valence-electron chi connectivity index (χ0n) is 12.3. The van der Waals surface area contributed by atoms with Gasteiger partial charge in [-0.2, -0.15) is 0 Å². The number of methoxy groups -OCH3 is 1. The highest BCUT2D eigenvalue weighted by atomic mass is 16.5. The third-order valence-electron chi connectivity index (χ3n) is 4.06. The van der Waals surface area contributed by atoms with Crippen LogP contribution in [0.5, 0.6) is 5.75 Å². The molecule has 0 saturated heterocycles. The average molecular weight is 283 g/mol. The lowest BCUT2D eigenvalue weighted by molar-refractivity contribution is 0.185. The molecule has 3 nitrogen and oxygen atoms in total. The summed E-state index contributed by atoms with van der Waals surface area (Å²) in [5.74, 6) is 0.363. The second-order valence-corrected chi connectivity index (χ2v) is 5.61. The Morgan fingerprint density at radius 3 is 2.90 bits per heavy atom. The molecular formula is C18H21NO2. The van der Waals surface area contributed by atoms with Crippen LogP contribution in [0.2, 0.25) is 0 Å². The largest absolute Gasteiger partial charge is 0.508 e. The minimum Gasteiger partial charge on any atom is -0.508 e. The van der Waals surface area contributed by atoms with Gasteiger partial charge in [0.25, 0.3) is 0 Å². The summed E-state index contributed by atoms with van der Waals surface area (Å²) in [6, 6.07) is 14.6. The van der Waals surface area contributed by atoms with Crippen LogP contribution < -0.4 is 5.32 Å². The summed E-state index contributed by atoms with van der Waals surface area (Å²) < 4.78 is 5.17. The Kier molecular flexibility index (Phi) is 4.23. The Morgan fingerprint density at radius 1 is 1.19 bits per heavy atom. The van der Waals surface area contributed by atoms with Crippen molar-refractivity contribution in [2.24, 2.45) is 0 Å². The van der Waals surface area contributed by atoms with Crippen LogP contribution in [-0.4, -0.2) is 12.2 Å². The first-order valence-electron chi connectivity index (χ1n) is 7.38. The normalized spacial score (nSPS) is 16.9. The van der Waals surface area contributed by atoms with Gasteiger partial charge in [0.05, 0.1) is 6.61 Å². The lowest BCUT2D eigenvalue weighted by Crippen LogP contribution is -2.18. The van der Waals surface area contributed by atoms with Crippen molar-refractivity contribution >= 4 is 0 Å². The van der Waals surface area contributed by atoms with Gasteiger partial charge in [-0.3, -0.25) is 0 Å². The molecule has 2 aromatic rings. The number of nitrogens with one attached hydrogen (secondary N) is 1. The van der Waals surface area contributed by atoms with Crippen LogP contribution >= 0.6 is 0 Å². The Hall–Kier alpha value is -1.84. The average Bonchev–Trinajstić information content (AvgIpc) is 2.88. The van der Waals surface area contributed by atoms with E-state index in [9.17, 15) is 5.11 Å². The van der Waals surface area contributed by atoms with Gasteiger partial charge in [0.15, 0.2) is 0 Å². The topological polar surface area (TPSA) is 41.5 Å². The molecular weight excluding hydrogens is 262 g/mol. The summed E-state index contributed by atoms with van der Waals surface area (Å²) in [6.45, 7) is 1.50. The highest BCUT2D eigenvalue weighted by Gasteiger charge is 2.21. The third kappa shape index (κ3) is 3.26. The summed E-state index contributed by atoms with van der Waals surface area (Å²) in [5, 5.41) is 13.2. The van der Waals surface area contributed by atoms with Crippen molar-refractivity contribution in [1.82, 2.24) is 5.32 Å². The molecule has 0 fully saturated rings. The zero-order valence-corrected chi connectivity index (χ0v) is 12.3. The molecule has 0 aliphatic heterocycles. The van der Waals surface area contributed by atoms with Gasteiger partial charge in [-0.15, -0.1) is 0 Å². The van der Waals surface area contributed by atoms with Gasteiger partial charge in [-0.25, -0.2) is 0 Å². The molecule has 1 aliphatic rings. The second-order valence-electron chi connectivity index (χ2n) is 5.61. The van der Waals surface area contributed by atoms with Crippen molar-refractivity contribution in [1.29, 1.82) is 0 Å². The van der Waals surface area contributed by atoms with E-state index in [-0.39, 0.29) is 0 Å². The van der Waals surface area contributed by atoms with Gasteiger partial charge < -0.3 is 15.2 Å². The standard InChI is InChI=1S/C18H21NO2/c1-21-12-14-4-2-3-13(9-14)11-19-18-8-5-15-10-16(20)6-7-17(15)18/h2-4,6-7,9-10,18-20H,5,8,11-12H2,1H3. The number of aryl methyl sites for hydroxylation is 1. The van der Waals surface area contributed by atoms with E-state index < -0.39 is 0 Å². The molecule has 0 amide bonds. The molecule has 0 bridgehead atoms. The van der Waals surface area contributed by atoms with E-state index in [1.165, 1.54) is 22.3 Å². The third-order valence-corrected chi connectivity index (χ3v) is 4.06. The smallest absolute Gasteiger partial charge is 0.115 e. The van der Waals surface area contributed by atoms with Gasteiger partial charge in [-0.05, 0) is 47.2 Å². The zero-order chi connectivity index (χ0) is 14.7. The fourth-order valence-electron chi connectivity index (χ4n) is 3.05. The van der Waals surface area contributed by atoms with E-state index >= 15 is 0 Å². The van der Waals surface area contributed by atoms with Crippen LogP contribution in [-0.2, 0) is 24.3 Å². The first kappa shape index (κ1) is 14.1. The van der Waals surface area contributed by atoms with Crippen LogP contribution in [0, 0.1) is 0 Å². The number of rotatable bonds is 5. The maximum absolute atomic E-state index is 9.54. The first-order chi connectivity index (χ1) is 10.3. The quantitative estimate of drug-likeness (QED) is 0.884. The Labute approximate surface area is 125 Å². The van der Waals surface area contributed by atoms with Crippen molar-refractivity contribution < 1.29 is 9.84 Å². The van der Waals surface area contributed by atoms with Crippen LogP contribution in [0.4, 0.5) is 0 Å². The van der Waals surface area contributed by atoms with Crippen molar-refractivity contribution in [2.45, 2.75) is 32.0 Å². The molecule has 110 valence electrons. The molecule has 1 aliphatic carbocycles. The number of phenolic OH excluding ortho intramolecular Hbond substituents is 1. The first-order valence-corrected chi connectivity index (χ1v) is 7.38. The minimum atomic E-state index is 0.363. The van der Waals surface area contributed by atoms with E-state index in [1.807, 2.05) is 12.1 Å². The molecule has 2 aromatic carbocycles. The summed E-state index contributed by atoms with van der Waals surface area (Å²) >= 11 is 0. The Balaban J connectivity index is 1.65. The monoisotopic (exact) mass is 283 g/mol. The number of aromatic hydroxyl groups is 1. The van der Waals surface area contributed by atoms with Gasteiger partial charge in [0, 0.05) is 19.7 Å². The molecule has 0 aromatic heterocycles. The molecule has 3 heteroatoms. The van der Waals surface area contributed by atoms with Gasteiger partial charge in [0.2, 0.25) is 0 Å². The van der Waals surface area contributed by atoms with Crippen LogP contribution in [0.3, 0.4) is 0 Å². The summed E-state index contributed by atoms with van der Waals surface area (Å²) in [4.78, 5) is 0. The van der Waals surface area contributed by atoms with E-state index in [1.54, 1.807) is 13.2 Å². The van der Waals surface area contributed by atoms with Crippen LogP contribution in [0.15, 0.2) is 42.5 Å². The molecule has 21 heavy (non-hydrogen) atoms. The number of phenols is 1. The fraction of sp³-hybridized carbons (Fsp3) is 0.333. The highest BCUT2D eigenvalue weighted by Crippen LogP contribution is 2.33. The molecule has 1 atom stereocenters.